The molecule has 20 atom stereocenters. The average molecular weight is 1010 g/mol. The maximum Gasteiger partial charge on any atom is 0.523 e. The molecule has 2 bridgehead atoms. The number of allylic oxidation sites excluding steroid dienone is 2. The van der Waals surface area contributed by atoms with Crippen LogP contribution < -0.4 is 0 Å². The van der Waals surface area contributed by atoms with Crippen molar-refractivity contribution >= 4 is 16.1 Å². The van der Waals surface area contributed by atoms with Crippen molar-refractivity contribution in [1.82, 2.24) is 0 Å². The molecule has 6 aliphatic heterocycles. The van der Waals surface area contributed by atoms with Gasteiger partial charge in [-0.25, -0.2) is 0 Å². The summed E-state index contributed by atoms with van der Waals surface area (Å²) >= 11 is 0. The number of hydrogen-bond donors (Lipinski definition) is 2. The van der Waals surface area contributed by atoms with E-state index in [4.69, 9.17) is 47.4 Å². The normalized spacial score (nSPS) is 45.9. The lowest BCUT2D eigenvalue weighted by Crippen LogP contribution is -2.58. The summed E-state index contributed by atoms with van der Waals surface area (Å²) in [6.45, 7) is 15.1. The Kier molecular flexibility index (Phi) is 16.9. The zero-order chi connectivity index (χ0) is 50.4. The molecule has 16 nitrogen and oxygen atoms in total. The Morgan fingerprint density at radius 3 is 2.20 bits per heavy atom. The van der Waals surface area contributed by atoms with Crippen molar-refractivity contribution in [3.63, 3.8) is 0 Å². The molecule has 4 saturated heterocycles. The summed E-state index contributed by atoms with van der Waals surface area (Å²) in [7, 11) is -3.19. The molecule has 2 N–H and O–H groups in total. The van der Waals surface area contributed by atoms with Crippen molar-refractivity contribution in [3.8, 4) is 0 Å². The number of esters is 1. The van der Waals surface area contributed by atoms with Crippen molar-refractivity contribution in [1.29, 1.82) is 0 Å². The zero-order valence-corrected chi connectivity index (χ0v) is 41.9. The fourth-order valence-electron chi connectivity index (χ4n) is 10.9. The fraction of sp³-hybridized carbons (Fsp3) is 0.776. The van der Waals surface area contributed by atoms with Gasteiger partial charge in [0.15, 0.2) is 18.4 Å². The standard InChI is InChI=1S/C49H71F3O16S/c1-11-25(2)42-28(5)17-18-47(67-42)23-34-20-33(66-47)16-15-27(4)41(26(3)13-12-14-32-24-60-45-40(53)29(6)19-35(46(54)63-34)48(32,45)55)64-38-21-36(58-9)43(30(7)61-38)65-39-22-37(59-10)44(31(8)62-39)68-69(56,57)49(50,51)52/h12-15,17-19,25-26,28,30-31,33-45,53,55H,11,16,20-24H2,1-10H3/b13-12+,27-15+,32-14+/t25-,26+,28+,30+,31+,33-,34+,35+,36+,37+,38+,39+,40-,41+,42-,43+,44+,45-,47-,48-/m1/s1. The molecule has 0 unspecified atom stereocenters. The number of carbonyl (C=O) groups is 1. The van der Waals surface area contributed by atoms with Crippen LogP contribution in [0.2, 0.25) is 0 Å². The van der Waals surface area contributed by atoms with Gasteiger partial charge in [-0.1, -0.05) is 70.6 Å². The summed E-state index contributed by atoms with van der Waals surface area (Å²) in [4.78, 5) is 14.4. The maximum atomic E-state index is 14.4. The van der Waals surface area contributed by atoms with E-state index in [0.717, 1.165) is 12.0 Å². The molecular weight excluding hydrogens is 934 g/mol. The van der Waals surface area contributed by atoms with Gasteiger partial charge < -0.3 is 57.6 Å². The molecule has 1 spiro atoms. The molecule has 0 aromatic carbocycles. The molecule has 390 valence electrons. The van der Waals surface area contributed by atoms with E-state index >= 15 is 0 Å². The summed E-state index contributed by atoms with van der Waals surface area (Å²) in [5.41, 5.74) is -5.77. The van der Waals surface area contributed by atoms with Crippen LogP contribution in [0.4, 0.5) is 13.2 Å². The van der Waals surface area contributed by atoms with Crippen molar-refractivity contribution in [2.45, 2.75) is 197 Å². The lowest BCUT2D eigenvalue weighted by atomic mass is 9.71. The Labute approximate surface area is 403 Å². The first-order valence-electron chi connectivity index (χ1n) is 24.1. The second-order valence-electron chi connectivity index (χ2n) is 19.9. The van der Waals surface area contributed by atoms with Gasteiger partial charge in [0.25, 0.3) is 0 Å². The third-order valence-electron chi connectivity index (χ3n) is 15.0. The third kappa shape index (κ3) is 11.3. The Bertz CT molecular complexity index is 2090. The second kappa shape index (κ2) is 21.5. The van der Waals surface area contributed by atoms with Gasteiger partial charge in [0, 0.05) is 51.7 Å². The Hall–Kier alpha value is -2.57. The number of ether oxygens (including phenoxy) is 10. The number of methoxy groups -OCH3 is 2. The minimum absolute atomic E-state index is 0.0301. The highest BCUT2D eigenvalue weighted by molar-refractivity contribution is 7.87. The molecule has 0 aromatic rings. The van der Waals surface area contributed by atoms with Crippen molar-refractivity contribution in [2.75, 3.05) is 20.8 Å². The van der Waals surface area contributed by atoms with Crippen molar-refractivity contribution < 1.29 is 88.1 Å². The number of alkyl halides is 3. The van der Waals surface area contributed by atoms with E-state index in [1.54, 1.807) is 32.1 Å². The van der Waals surface area contributed by atoms with E-state index in [1.807, 2.05) is 26.0 Å². The number of aliphatic hydroxyl groups is 2. The highest BCUT2D eigenvalue weighted by Crippen LogP contribution is 2.47. The number of halogens is 3. The molecule has 69 heavy (non-hydrogen) atoms. The predicted octanol–water partition coefficient (Wildman–Crippen LogP) is 6.25. The van der Waals surface area contributed by atoms with Crippen LogP contribution in [-0.2, 0) is 66.5 Å². The smallest absolute Gasteiger partial charge is 0.462 e. The maximum absolute atomic E-state index is 14.4. The predicted molar refractivity (Wildman–Crippen MR) is 241 cm³/mol. The molecule has 7 aliphatic rings. The van der Waals surface area contributed by atoms with Crippen LogP contribution in [0.25, 0.3) is 0 Å². The Morgan fingerprint density at radius 2 is 1.55 bits per heavy atom. The first-order valence-corrected chi connectivity index (χ1v) is 25.5. The van der Waals surface area contributed by atoms with E-state index in [1.165, 1.54) is 21.1 Å². The van der Waals surface area contributed by atoms with Crippen LogP contribution in [-0.4, -0.2) is 148 Å². The minimum atomic E-state index is -5.94. The van der Waals surface area contributed by atoms with E-state index in [0.29, 0.717) is 24.0 Å². The summed E-state index contributed by atoms with van der Waals surface area (Å²) < 4.78 is 131. The van der Waals surface area contributed by atoms with Crippen LogP contribution in [0.15, 0.2) is 59.3 Å². The number of carbonyl (C=O) groups excluding carboxylic acids is 1. The zero-order valence-electron chi connectivity index (χ0n) is 41.0. The lowest BCUT2D eigenvalue weighted by molar-refractivity contribution is -0.317. The van der Waals surface area contributed by atoms with Crippen LogP contribution in [0.5, 0.6) is 0 Å². The molecule has 0 saturated carbocycles. The van der Waals surface area contributed by atoms with Crippen molar-refractivity contribution in [2.24, 2.45) is 23.7 Å². The summed E-state index contributed by atoms with van der Waals surface area (Å²) in [5, 5.41) is 23.7. The second-order valence-corrected chi connectivity index (χ2v) is 21.5. The highest BCUT2D eigenvalue weighted by Gasteiger charge is 2.60. The van der Waals surface area contributed by atoms with Gasteiger partial charge in [-0.3, -0.25) is 8.98 Å². The van der Waals surface area contributed by atoms with Gasteiger partial charge >= 0.3 is 21.6 Å². The largest absolute Gasteiger partial charge is 0.523 e. The number of aliphatic hydroxyl groups excluding tert-OH is 1. The monoisotopic (exact) mass is 1000 g/mol. The summed E-state index contributed by atoms with van der Waals surface area (Å²) in [6, 6.07) is 0. The van der Waals surface area contributed by atoms with Gasteiger partial charge in [-0.15, -0.1) is 0 Å². The Morgan fingerprint density at radius 1 is 0.899 bits per heavy atom. The Balaban J connectivity index is 1.14. The number of rotatable bonds is 10. The quantitative estimate of drug-likeness (QED) is 0.108. The van der Waals surface area contributed by atoms with E-state index in [2.05, 4.69) is 37.1 Å². The molecule has 20 heteroatoms. The van der Waals surface area contributed by atoms with Gasteiger partial charge in [0.2, 0.25) is 0 Å². The molecule has 4 fully saturated rings. The minimum Gasteiger partial charge on any atom is -0.462 e. The van der Waals surface area contributed by atoms with Gasteiger partial charge in [0.1, 0.15) is 42.0 Å². The van der Waals surface area contributed by atoms with Gasteiger partial charge in [-0.05, 0) is 62.8 Å². The van der Waals surface area contributed by atoms with E-state index in [-0.39, 0.29) is 49.7 Å². The van der Waals surface area contributed by atoms with Crippen molar-refractivity contribution in [3.05, 3.63) is 59.3 Å². The molecule has 7 rings (SSSR count). The molecule has 0 aromatic heterocycles. The SMILES string of the molecule is CC[C@@H](C)[C@H]1O[C@]2(C=C[C@@H]1C)C[C@@H]1C[C@@H](C/C=C(\C)[C@@H](O[C@H]3C[C@H](OC)[C@@H](O[C@H]4C[C@H](OC)[C@@H](OS(=O)(=O)C(F)(F)F)[C@H](C)O4)[C@H](C)O3)[C@@H](C)/C=C/C=C3\CO[C@@H]4[C@H](O)C(C)=C[C@@H](C(=O)O1)[C@]34O)O2. The van der Waals surface area contributed by atoms with Crippen LogP contribution in [0, 0.1) is 23.7 Å². The molecule has 1 aliphatic carbocycles. The number of hydrogen-bond acceptors (Lipinski definition) is 16. The van der Waals surface area contributed by atoms with Gasteiger partial charge in [-0.2, -0.15) is 21.6 Å². The summed E-state index contributed by atoms with van der Waals surface area (Å²) in [5.74, 6) is -2.95. The first-order chi connectivity index (χ1) is 32.4. The van der Waals surface area contributed by atoms with Crippen LogP contribution in [0.3, 0.4) is 0 Å². The average Bonchev–Trinajstić information content (AvgIpc) is 3.63. The molecular formula is C49H71F3O16S. The molecule has 0 amide bonds. The topological polar surface area (TPSA) is 193 Å². The van der Waals surface area contributed by atoms with E-state index < -0.39 is 119 Å². The van der Waals surface area contributed by atoms with Crippen LogP contribution >= 0.6 is 0 Å². The summed E-state index contributed by atoms with van der Waals surface area (Å²) in [6.07, 6.45) is 3.14. The number of fused-ring (bicyclic) bond motifs is 2. The van der Waals surface area contributed by atoms with Gasteiger partial charge in [0.05, 0.1) is 49.3 Å². The first kappa shape index (κ1) is 54.2. The fourth-order valence-corrected chi connectivity index (χ4v) is 11.6. The third-order valence-corrected chi connectivity index (χ3v) is 16.0. The molecule has 6 heterocycles. The lowest BCUT2D eigenvalue weighted by Gasteiger charge is -2.48. The molecule has 0 radical (unpaired) electrons. The van der Waals surface area contributed by atoms with Crippen LogP contribution in [0.1, 0.15) is 93.9 Å². The highest BCUT2D eigenvalue weighted by atomic mass is 32.2. The van der Waals surface area contributed by atoms with E-state index in [9.17, 15) is 36.6 Å².